The van der Waals surface area contributed by atoms with Crippen molar-refractivity contribution in [1.29, 1.82) is 0 Å². The molecule has 3 rings (SSSR count). The summed E-state index contributed by atoms with van der Waals surface area (Å²) < 4.78 is 21.0. The number of rotatable bonds is 8. The predicted molar refractivity (Wildman–Crippen MR) is 94.7 cm³/mol. The van der Waals surface area contributed by atoms with E-state index in [0.717, 1.165) is 6.42 Å². The summed E-state index contributed by atoms with van der Waals surface area (Å²) in [6, 6.07) is 0. The largest absolute Gasteiger partial charge is 0.462 e. The van der Waals surface area contributed by atoms with Crippen molar-refractivity contribution in [3.05, 3.63) is 12.2 Å². The minimum Gasteiger partial charge on any atom is -0.462 e. The zero-order valence-corrected chi connectivity index (χ0v) is 16.4. The van der Waals surface area contributed by atoms with Gasteiger partial charge in [-0.3, -0.25) is 14.4 Å². The molecule has 0 spiro atoms. The maximum Gasteiger partial charge on any atom is 0.333 e. The fourth-order valence-corrected chi connectivity index (χ4v) is 4.88. The van der Waals surface area contributed by atoms with Crippen LogP contribution >= 0.6 is 0 Å². The molecule has 3 fully saturated rings. The van der Waals surface area contributed by atoms with Crippen LogP contribution in [0, 0.1) is 17.3 Å². The minimum atomic E-state index is -0.780. The van der Waals surface area contributed by atoms with Gasteiger partial charge in [-0.15, -0.1) is 0 Å². The van der Waals surface area contributed by atoms with Gasteiger partial charge >= 0.3 is 23.9 Å². The zero-order valence-electron chi connectivity index (χ0n) is 16.4. The van der Waals surface area contributed by atoms with Gasteiger partial charge in [0.2, 0.25) is 0 Å². The lowest BCUT2D eigenvalue weighted by atomic mass is 9.73. The van der Waals surface area contributed by atoms with E-state index in [1.165, 1.54) is 6.92 Å². The Hall–Kier alpha value is -2.38. The van der Waals surface area contributed by atoms with Gasteiger partial charge in [-0.1, -0.05) is 13.5 Å². The van der Waals surface area contributed by atoms with Gasteiger partial charge in [0.05, 0.1) is 18.8 Å². The highest BCUT2D eigenvalue weighted by atomic mass is 16.6. The molecule has 1 aliphatic heterocycles. The molecule has 28 heavy (non-hydrogen) atoms. The van der Waals surface area contributed by atoms with Gasteiger partial charge in [0.1, 0.15) is 19.3 Å². The van der Waals surface area contributed by atoms with E-state index < -0.39 is 29.6 Å². The lowest BCUT2D eigenvalue weighted by Crippen LogP contribution is -2.49. The molecular weight excluding hydrogens is 368 g/mol. The van der Waals surface area contributed by atoms with Crippen molar-refractivity contribution in [1.82, 2.24) is 0 Å². The first-order valence-corrected chi connectivity index (χ1v) is 9.47. The monoisotopic (exact) mass is 394 g/mol. The summed E-state index contributed by atoms with van der Waals surface area (Å²) in [5, 5.41) is 0. The van der Waals surface area contributed by atoms with E-state index in [1.807, 2.05) is 13.8 Å². The highest BCUT2D eigenvalue weighted by Gasteiger charge is 2.74. The van der Waals surface area contributed by atoms with Crippen LogP contribution in [-0.2, 0) is 38.1 Å². The van der Waals surface area contributed by atoms with Crippen LogP contribution in [0.4, 0.5) is 0 Å². The standard InChI is InChI=1S/C20H26O8/c1-11(2)16(23)26-8-7-25-14(21)5-6-15(22)27-18-19(3)9-12-13(10-19)20(18,4)28-17(12)24/h12-13,18H,1,5-10H2,2-4H3. The number of ether oxygens (including phenoxy) is 4. The van der Waals surface area contributed by atoms with Crippen LogP contribution in [0.25, 0.3) is 0 Å². The molecular formula is C20H26O8. The molecule has 8 nitrogen and oxygen atoms in total. The lowest BCUT2D eigenvalue weighted by molar-refractivity contribution is -0.180. The SMILES string of the molecule is C=C(C)C(=O)OCCOC(=O)CCC(=O)OC1C2(C)CC3C(=O)OC1(C)C3C2. The molecule has 0 aromatic rings. The number of carbonyl (C=O) groups excluding carboxylic acids is 4. The molecule has 154 valence electrons. The molecule has 0 aromatic carbocycles. The molecule has 5 atom stereocenters. The Balaban J connectivity index is 1.42. The van der Waals surface area contributed by atoms with E-state index in [1.54, 1.807) is 0 Å². The first-order chi connectivity index (χ1) is 13.1. The number of carbonyl (C=O) groups is 4. The van der Waals surface area contributed by atoms with Gasteiger partial charge in [-0.2, -0.15) is 0 Å². The Bertz CT molecular complexity index is 728. The third-order valence-corrected chi connectivity index (χ3v) is 6.08. The smallest absolute Gasteiger partial charge is 0.333 e. The Morgan fingerprint density at radius 1 is 1.11 bits per heavy atom. The summed E-state index contributed by atoms with van der Waals surface area (Å²) in [6.07, 6.45) is 0.685. The van der Waals surface area contributed by atoms with Crippen LogP contribution in [0.15, 0.2) is 12.2 Å². The summed E-state index contributed by atoms with van der Waals surface area (Å²) in [5.41, 5.74) is -0.797. The maximum absolute atomic E-state index is 12.3. The van der Waals surface area contributed by atoms with Crippen LogP contribution in [0.2, 0.25) is 0 Å². The Morgan fingerprint density at radius 3 is 2.43 bits per heavy atom. The molecule has 5 unspecified atom stereocenters. The second-order valence-electron chi connectivity index (χ2n) is 8.39. The number of hydrogen-bond donors (Lipinski definition) is 0. The second kappa shape index (κ2) is 7.22. The molecule has 8 heteroatoms. The summed E-state index contributed by atoms with van der Waals surface area (Å²) >= 11 is 0. The van der Waals surface area contributed by atoms with Crippen molar-refractivity contribution in [3.63, 3.8) is 0 Å². The molecule has 3 aliphatic rings. The second-order valence-corrected chi connectivity index (χ2v) is 8.39. The van der Waals surface area contributed by atoms with E-state index in [0.29, 0.717) is 6.42 Å². The van der Waals surface area contributed by atoms with E-state index in [-0.39, 0.29) is 54.8 Å². The summed E-state index contributed by atoms with van der Waals surface area (Å²) in [5.74, 6) is -1.88. The fourth-order valence-electron chi connectivity index (χ4n) is 4.88. The van der Waals surface area contributed by atoms with E-state index in [4.69, 9.17) is 18.9 Å². The van der Waals surface area contributed by atoms with Gasteiger partial charge in [0, 0.05) is 16.9 Å². The third-order valence-electron chi connectivity index (χ3n) is 6.08. The summed E-state index contributed by atoms with van der Waals surface area (Å²) in [4.78, 5) is 47.2. The van der Waals surface area contributed by atoms with Gasteiger partial charge in [0.15, 0.2) is 5.60 Å². The zero-order chi connectivity index (χ0) is 20.7. The van der Waals surface area contributed by atoms with Crippen molar-refractivity contribution in [3.8, 4) is 0 Å². The Labute approximate surface area is 163 Å². The first-order valence-electron chi connectivity index (χ1n) is 9.47. The molecule has 2 saturated carbocycles. The van der Waals surface area contributed by atoms with E-state index in [9.17, 15) is 19.2 Å². The van der Waals surface area contributed by atoms with Gasteiger partial charge in [0.25, 0.3) is 0 Å². The van der Waals surface area contributed by atoms with Crippen molar-refractivity contribution < 1.29 is 38.1 Å². The van der Waals surface area contributed by atoms with Crippen LogP contribution in [0.1, 0.15) is 46.5 Å². The average molecular weight is 394 g/mol. The molecule has 0 N–H and O–H groups in total. The average Bonchev–Trinajstić information content (AvgIpc) is 3.14. The van der Waals surface area contributed by atoms with Crippen molar-refractivity contribution in [2.45, 2.75) is 58.2 Å². The van der Waals surface area contributed by atoms with Gasteiger partial charge in [-0.25, -0.2) is 4.79 Å². The molecule has 0 radical (unpaired) electrons. The third kappa shape index (κ3) is 3.52. The number of fused-ring (bicyclic) bond motifs is 1. The lowest BCUT2D eigenvalue weighted by Gasteiger charge is -2.38. The molecule has 2 aliphatic carbocycles. The van der Waals surface area contributed by atoms with Gasteiger partial charge < -0.3 is 18.9 Å². The van der Waals surface area contributed by atoms with Crippen LogP contribution < -0.4 is 0 Å². The highest BCUT2D eigenvalue weighted by molar-refractivity contribution is 5.87. The van der Waals surface area contributed by atoms with Crippen LogP contribution in [0.5, 0.6) is 0 Å². The van der Waals surface area contributed by atoms with Crippen molar-refractivity contribution >= 4 is 23.9 Å². The Kier molecular flexibility index (Phi) is 5.25. The fraction of sp³-hybridized carbons (Fsp3) is 0.700. The molecule has 0 aromatic heterocycles. The first kappa shape index (κ1) is 20.4. The van der Waals surface area contributed by atoms with Crippen molar-refractivity contribution in [2.24, 2.45) is 17.3 Å². The van der Waals surface area contributed by atoms with Crippen molar-refractivity contribution in [2.75, 3.05) is 13.2 Å². The Morgan fingerprint density at radius 2 is 1.75 bits per heavy atom. The maximum atomic E-state index is 12.3. The topological polar surface area (TPSA) is 105 Å². The summed E-state index contributed by atoms with van der Waals surface area (Å²) in [7, 11) is 0. The van der Waals surface area contributed by atoms with E-state index in [2.05, 4.69) is 6.58 Å². The van der Waals surface area contributed by atoms with Crippen LogP contribution in [0.3, 0.4) is 0 Å². The number of hydrogen-bond acceptors (Lipinski definition) is 8. The summed E-state index contributed by atoms with van der Waals surface area (Å²) in [6.45, 7) is 8.64. The molecule has 0 amide bonds. The molecule has 1 heterocycles. The molecule has 2 bridgehead atoms. The van der Waals surface area contributed by atoms with Gasteiger partial charge in [-0.05, 0) is 26.7 Å². The van der Waals surface area contributed by atoms with E-state index >= 15 is 0 Å². The quantitative estimate of drug-likeness (QED) is 0.265. The predicted octanol–water partition coefficient (Wildman–Crippen LogP) is 1.70. The van der Waals surface area contributed by atoms with Crippen LogP contribution in [-0.4, -0.2) is 48.8 Å². The number of esters is 4. The normalized spacial score (nSPS) is 34.7. The minimum absolute atomic E-state index is 0.0748. The molecule has 1 saturated heterocycles. The highest BCUT2D eigenvalue weighted by Crippen LogP contribution is 2.67.